The number of amides is 2. The molecule has 2 amide bonds. The van der Waals surface area contributed by atoms with Crippen molar-refractivity contribution in [2.24, 2.45) is 0 Å². The second-order valence-corrected chi connectivity index (χ2v) is 13.9. The van der Waals surface area contributed by atoms with Gasteiger partial charge in [-0.25, -0.2) is 0 Å². The molecular formula is C40H44F9LiN6O6. The van der Waals surface area contributed by atoms with E-state index in [4.69, 9.17) is 0 Å². The fourth-order valence-corrected chi connectivity index (χ4v) is 6.48. The van der Waals surface area contributed by atoms with Gasteiger partial charge in [0.15, 0.2) is 0 Å². The molecule has 0 radical (unpaired) electrons. The van der Waals surface area contributed by atoms with Crippen LogP contribution in [0.1, 0.15) is 29.5 Å². The minimum absolute atomic E-state index is 0. The Morgan fingerprint density at radius 1 is 0.516 bits per heavy atom. The standard InChI is InChI=1S/C15H17F3N2O3.C14H15F3N2O3.C11H13F3N2.Li/c1-23-14(22)10-13(21)20-8-6-19(7-9-20)12-4-2-11(3-5-12)15(16,17)18;15-14(16,17)10-1-3-11(4-2-10)18-5-7-19(8-6-18)12(20)9-13(21)22;12-11(13,14)9-1-3-10(4-2-9)16-7-5-15-6-8-16;/h2-5H,6-10H2,1H3;1-4H,5-9H2,(H,21,22);1-4,15H,5-8H2;/q;;;+1/p-1. The Bertz CT molecular complexity index is 1900. The Labute approximate surface area is 363 Å². The van der Waals surface area contributed by atoms with Crippen LogP contribution in [0.15, 0.2) is 72.8 Å². The van der Waals surface area contributed by atoms with Crippen LogP contribution < -0.4 is 44.0 Å². The molecule has 3 aromatic carbocycles. The number of nitrogens with one attached hydrogen (secondary N) is 1. The molecule has 0 aromatic heterocycles. The average molecular weight is 883 g/mol. The number of carboxylic acid groups (broad SMARTS) is 1. The number of benzene rings is 3. The van der Waals surface area contributed by atoms with Crippen LogP contribution in [-0.4, -0.2) is 119 Å². The summed E-state index contributed by atoms with van der Waals surface area (Å²) in [6.45, 7) is 6.78. The van der Waals surface area contributed by atoms with Gasteiger partial charge in [0.1, 0.15) is 6.42 Å². The van der Waals surface area contributed by atoms with E-state index in [0.717, 1.165) is 68.3 Å². The van der Waals surface area contributed by atoms with E-state index >= 15 is 0 Å². The van der Waals surface area contributed by atoms with Crippen molar-refractivity contribution in [3.8, 4) is 0 Å². The zero-order chi connectivity index (χ0) is 45.0. The number of hydrogen-bond donors (Lipinski definition) is 1. The van der Waals surface area contributed by atoms with E-state index in [1.165, 1.54) is 48.4 Å². The first-order valence-corrected chi connectivity index (χ1v) is 18.9. The molecule has 0 aliphatic carbocycles. The molecule has 62 heavy (non-hydrogen) atoms. The molecule has 6 rings (SSSR count). The van der Waals surface area contributed by atoms with Crippen LogP contribution in [0.4, 0.5) is 56.6 Å². The Hall–Kier alpha value is -5.13. The first-order valence-electron chi connectivity index (χ1n) is 18.9. The number of carbonyl (C=O) groups is 4. The average Bonchev–Trinajstić information content (AvgIpc) is 3.23. The van der Waals surface area contributed by atoms with Crippen LogP contribution in [0, 0.1) is 0 Å². The van der Waals surface area contributed by atoms with Gasteiger partial charge in [0.2, 0.25) is 11.8 Å². The molecule has 3 saturated heterocycles. The number of esters is 1. The number of nitrogens with zero attached hydrogens (tertiary/aromatic N) is 5. The number of carboxylic acids is 1. The van der Waals surface area contributed by atoms with Crippen molar-refractivity contribution < 1.29 is 87.4 Å². The molecule has 12 nitrogen and oxygen atoms in total. The number of hydrogen-bond acceptors (Lipinski definition) is 10. The zero-order valence-corrected chi connectivity index (χ0v) is 33.9. The first-order chi connectivity index (χ1) is 28.6. The Kier molecular flexibility index (Phi) is 18.8. The van der Waals surface area contributed by atoms with Crippen molar-refractivity contribution >= 4 is 40.8 Å². The maximum absolute atomic E-state index is 12.5. The number of carbonyl (C=O) groups excluding carboxylic acids is 4. The third kappa shape index (κ3) is 15.6. The third-order valence-electron chi connectivity index (χ3n) is 9.88. The zero-order valence-electron chi connectivity index (χ0n) is 33.9. The molecule has 0 saturated carbocycles. The molecule has 3 aliphatic heterocycles. The van der Waals surface area contributed by atoms with Crippen LogP contribution in [0.2, 0.25) is 0 Å². The fourth-order valence-electron chi connectivity index (χ4n) is 6.48. The van der Waals surface area contributed by atoms with Gasteiger partial charge >= 0.3 is 43.4 Å². The van der Waals surface area contributed by atoms with E-state index in [1.807, 2.05) is 9.80 Å². The van der Waals surface area contributed by atoms with Crippen molar-refractivity contribution in [3.63, 3.8) is 0 Å². The summed E-state index contributed by atoms with van der Waals surface area (Å²) >= 11 is 0. The van der Waals surface area contributed by atoms with Gasteiger partial charge in [0.25, 0.3) is 0 Å². The minimum Gasteiger partial charge on any atom is -0.550 e. The number of aliphatic carboxylic acids is 1. The number of halogens is 9. The largest absolute Gasteiger partial charge is 1.00 e. The second-order valence-electron chi connectivity index (χ2n) is 13.9. The fraction of sp³-hybridized carbons (Fsp3) is 0.450. The van der Waals surface area contributed by atoms with Crippen LogP contribution in [-0.2, 0) is 42.4 Å². The summed E-state index contributed by atoms with van der Waals surface area (Å²) in [5, 5.41) is 13.6. The molecule has 3 aliphatic rings. The first kappa shape index (κ1) is 51.2. The van der Waals surface area contributed by atoms with Crippen LogP contribution >= 0.6 is 0 Å². The number of alkyl halides is 9. The summed E-state index contributed by atoms with van der Waals surface area (Å²) in [6.07, 6.45) is -13.9. The molecule has 0 unspecified atom stereocenters. The topological polar surface area (TPSA) is 129 Å². The smallest absolute Gasteiger partial charge is 0.550 e. The SMILES string of the molecule is COC(=O)CC(=O)N1CCN(c2ccc(C(F)(F)F)cc2)CC1.FC(F)(F)c1ccc(N2CCNCC2)cc1.O=C([O-])CC(=O)N1CCN(c2ccc(C(F)(F)F)cc2)CC1.[Li+]. The van der Waals surface area contributed by atoms with Gasteiger partial charge < -0.3 is 44.5 Å². The third-order valence-corrected chi connectivity index (χ3v) is 9.88. The van der Waals surface area contributed by atoms with E-state index in [-0.39, 0.29) is 31.2 Å². The van der Waals surface area contributed by atoms with Crippen LogP contribution in [0.3, 0.4) is 0 Å². The summed E-state index contributed by atoms with van der Waals surface area (Å²) in [6, 6.07) is 15.1. The van der Waals surface area contributed by atoms with Gasteiger partial charge in [0.05, 0.1) is 36.2 Å². The quantitative estimate of drug-likeness (QED) is 0.162. The maximum atomic E-state index is 12.5. The van der Waals surface area contributed by atoms with Crippen molar-refractivity contribution in [1.82, 2.24) is 15.1 Å². The normalized spacial score (nSPS) is 15.9. The molecule has 22 heteroatoms. The van der Waals surface area contributed by atoms with E-state index in [0.29, 0.717) is 63.7 Å². The second kappa shape index (κ2) is 22.8. The molecule has 0 atom stereocenters. The van der Waals surface area contributed by atoms with Gasteiger partial charge in [-0.1, -0.05) is 0 Å². The summed E-state index contributed by atoms with van der Waals surface area (Å²) < 4.78 is 117. The minimum atomic E-state index is -4.37. The summed E-state index contributed by atoms with van der Waals surface area (Å²) in [5.41, 5.74) is 0.186. The summed E-state index contributed by atoms with van der Waals surface area (Å²) in [4.78, 5) is 53.7. The van der Waals surface area contributed by atoms with Crippen LogP contribution in [0.5, 0.6) is 0 Å². The van der Waals surface area contributed by atoms with E-state index in [9.17, 15) is 63.8 Å². The predicted molar refractivity (Wildman–Crippen MR) is 203 cm³/mol. The van der Waals surface area contributed by atoms with E-state index < -0.39 is 59.5 Å². The van der Waals surface area contributed by atoms with Gasteiger partial charge in [-0.05, 0) is 72.8 Å². The predicted octanol–water partition coefficient (Wildman–Crippen LogP) is 1.53. The van der Waals surface area contributed by atoms with Gasteiger partial charge in [0, 0.05) is 95.6 Å². The van der Waals surface area contributed by atoms with Gasteiger partial charge in [-0.2, -0.15) is 39.5 Å². The van der Waals surface area contributed by atoms with Crippen LogP contribution in [0.25, 0.3) is 0 Å². The summed E-state index contributed by atoms with van der Waals surface area (Å²) in [7, 11) is 1.22. The molecule has 3 fully saturated rings. The van der Waals surface area contributed by atoms with Gasteiger partial charge in [-0.15, -0.1) is 0 Å². The molecule has 3 heterocycles. The molecule has 1 N–H and O–H groups in total. The Morgan fingerprint density at radius 3 is 1.08 bits per heavy atom. The number of ether oxygens (including phenoxy) is 1. The number of piperazine rings is 3. The molecule has 0 bridgehead atoms. The molecular weight excluding hydrogens is 838 g/mol. The molecule has 0 spiro atoms. The number of rotatable bonds is 7. The van der Waals surface area contributed by atoms with Gasteiger partial charge in [-0.3, -0.25) is 14.4 Å². The Balaban J connectivity index is 0.000000250. The van der Waals surface area contributed by atoms with E-state index in [1.54, 1.807) is 4.90 Å². The van der Waals surface area contributed by atoms with Crippen molar-refractivity contribution in [2.45, 2.75) is 31.4 Å². The maximum Gasteiger partial charge on any atom is 1.00 e. The number of methoxy groups -OCH3 is 1. The monoisotopic (exact) mass is 882 g/mol. The van der Waals surface area contributed by atoms with Crippen molar-refractivity contribution in [1.29, 1.82) is 0 Å². The van der Waals surface area contributed by atoms with Crippen molar-refractivity contribution in [3.05, 3.63) is 89.5 Å². The molecule has 3 aromatic rings. The number of anilines is 3. The molecule has 334 valence electrons. The van der Waals surface area contributed by atoms with Crippen molar-refractivity contribution in [2.75, 3.05) is 100 Å². The van der Waals surface area contributed by atoms with E-state index in [2.05, 4.69) is 15.0 Å². The summed E-state index contributed by atoms with van der Waals surface area (Å²) in [5.74, 6) is -2.81. The Morgan fingerprint density at radius 2 is 0.806 bits per heavy atom.